The highest BCUT2D eigenvalue weighted by atomic mass is 16.6. The molecule has 0 spiro atoms. The van der Waals surface area contributed by atoms with Gasteiger partial charge in [-0.1, -0.05) is 74.5 Å². The number of rotatable bonds is 14. The van der Waals surface area contributed by atoms with E-state index in [0.717, 1.165) is 24.0 Å². The summed E-state index contributed by atoms with van der Waals surface area (Å²) in [7, 11) is 0. The number of nitrogens with zero attached hydrogens (tertiary/aromatic N) is 1. The fraction of sp³-hybridized carbons (Fsp3) is 0.421. The molecule has 1 saturated carbocycles. The molecule has 0 unspecified atom stereocenters. The third-order valence-electron chi connectivity index (χ3n) is 8.78. The zero-order valence-electron chi connectivity index (χ0n) is 28.3. The summed E-state index contributed by atoms with van der Waals surface area (Å²) in [6.07, 6.45) is 2.29. The summed E-state index contributed by atoms with van der Waals surface area (Å²) >= 11 is 0. The van der Waals surface area contributed by atoms with E-state index >= 15 is 0 Å². The van der Waals surface area contributed by atoms with E-state index in [1.165, 1.54) is 4.90 Å². The monoisotopic (exact) mass is 653 g/mol. The molecule has 0 aromatic heterocycles. The smallest absolute Gasteiger partial charge is 0.414 e. The number of benzene rings is 3. The highest BCUT2D eigenvalue weighted by Gasteiger charge is 2.34. The van der Waals surface area contributed by atoms with Crippen LogP contribution in [0.5, 0.6) is 0 Å². The van der Waals surface area contributed by atoms with Crippen molar-refractivity contribution >= 4 is 29.5 Å². The summed E-state index contributed by atoms with van der Waals surface area (Å²) < 4.78 is 5.47. The van der Waals surface area contributed by atoms with Gasteiger partial charge in [0.1, 0.15) is 0 Å². The molecule has 0 bridgehead atoms. The molecule has 254 valence electrons. The Hall–Kier alpha value is -4.70. The first-order valence-corrected chi connectivity index (χ1v) is 16.8. The van der Waals surface area contributed by atoms with Crippen molar-refractivity contribution in [2.24, 2.45) is 11.3 Å². The number of carbonyl (C=O) groups excluding carboxylic acids is 4. The molecule has 1 aliphatic carbocycles. The molecule has 3 aromatic carbocycles. The van der Waals surface area contributed by atoms with Crippen molar-refractivity contribution in [2.45, 2.75) is 65.1 Å². The summed E-state index contributed by atoms with van der Waals surface area (Å²) in [5, 5.41) is 12.4. The molecule has 3 aromatic rings. The Morgan fingerprint density at radius 1 is 0.896 bits per heavy atom. The lowest BCUT2D eigenvalue weighted by molar-refractivity contribution is -0.122. The van der Waals surface area contributed by atoms with Crippen LogP contribution in [0, 0.1) is 11.3 Å². The number of cyclic esters (lactones) is 1. The Morgan fingerprint density at radius 2 is 1.52 bits per heavy atom. The highest BCUT2D eigenvalue weighted by Crippen LogP contribution is 2.30. The van der Waals surface area contributed by atoms with Gasteiger partial charge in [-0.15, -0.1) is 0 Å². The Morgan fingerprint density at radius 3 is 2.17 bits per heavy atom. The molecule has 3 atom stereocenters. The molecule has 0 radical (unpaired) electrons. The predicted octanol–water partition coefficient (Wildman–Crippen LogP) is 5.01. The third kappa shape index (κ3) is 9.67. The van der Waals surface area contributed by atoms with Gasteiger partial charge in [-0.2, -0.15) is 0 Å². The van der Waals surface area contributed by atoms with Gasteiger partial charge in [0.2, 0.25) is 5.91 Å². The molecule has 2 fully saturated rings. The van der Waals surface area contributed by atoms with E-state index in [-0.39, 0.29) is 47.0 Å². The molecule has 4 N–H and O–H groups in total. The van der Waals surface area contributed by atoms with Gasteiger partial charge in [0.15, 0.2) is 0 Å². The van der Waals surface area contributed by atoms with Crippen molar-refractivity contribution in [3.8, 4) is 0 Å². The molecule has 4 amide bonds. The summed E-state index contributed by atoms with van der Waals surface area (Å²) in [6.45, 7) is 9.35. The molecule has 2 aliphatic rings. The van der Waals surface area contributed by atoms with Gasteiger partial charge in [-0.25, -0.2) is 4.79 Å². The van der Waals surface area contributed by atoms with Crippen LogP contribution in [0.4, 0.5) is 10.5 Å². The van der Waals surface area contributed by atoms with E-state index in [2.05, 4.69) is 21.3 Å². The average molecular weight is 654 g/mol. The Bertz CT molecular complexity index is 1590. The second-order valence-corrected chi connectivity index (χ2v) is 13.9. The number of hydrogen-bond acceptors (Lipinski definition) is 6. The molecule has 10 heteroatoms. The fourth-order valence-electron chi connectivity index (χ4n) is 5.68. The first-order valence-electron chi connectivity index (χ1n) is 16.8. The minimum Gasteiger partial charge on any atom is -0.449 e. The fourth-order valence-corrected chi connectivity index (χ4v) is 5.68. The molecule has 1 saturated heterocycles. The predicted molar refractivity (Wildman–Crippen MR) is 186 cm³/mol. The zero-order valence-corrected chi connectivity index (χ0v) is 28.3. The van der Waals surface area contributed by atoms with E-state index in [1.54, 1.807) is 18.2 Å². The van der Waals surface area contributed by atoms with Crippen LogP contribution >= 0.6 is 0 Å². The molecular weight excluding hydrogens is 606 g/mol. The number of ether oxygens (including phenoxy) is 1. The quantitative estimate of drug-likeness (QED) is 0.194. The van der Waals surface area contributed by atoms with Crippen molar-refractivity contribution < 1.29 is 23.9 Å². The second kappa shape index (κ2) is 15.5. The molecule has 48 heavy (non-hydrogen) atoms. The molecule has 1 aliphatic heterocycles. The average Bonchev–Trinajstić information content (AvgIpc) is 3.92. The summed E-state index contributed by atoms with van der Waals surface area (Å²) in [6, 6.07) is 23.1. The van der Waals surface area contributed by atoms with Crippen molar-refractivity contribution in [3.05, 3.63) is 101 Å². The van der Waals surface area contributed by atoms with Crippen LogP contribution in [-0.2, 0) is 16.0 Å². The lowest BCUT2D eigenvalue weighted by Gasteiger charge is -2.37. The normalized spacial score (nSPS) is 17.4. The first kappa shape index (κ1) is 34.6. The highest BCUT2D eigenvalue weighted by molar-refractivity contribution is 6.03. The standard InChI is InChI=1S/C38H47N5O5/c1-25(29-13-9-6-10-14-29)41-35(45)30-18-31(20-33(19-30)43-23-38(3,4)24-48-37(43)47)36(46)42-32(17-27-11-7-5-8-12-27)22-39-26(2)34(44)40-21-28-15-16-28/h5-14,18-20,25-26,28,32,39H,15-17,21-24H2,1-4H3,(H,40,44)(H,41,45)(H,42,46)/t25-,26+,32+/m1/s1. The topological polar surface area (TPSA) is 129 Å². The molecule has 5 rings (SSSR count). The van der Waals surface area contributed by atoms with Crippen LogP contribution in [0.15, 0.2) is 78.9 Å². The Kier molecular flexibility index (Phi) is 11.2. The number of anilines is 1. The van der Waals surface area contributed by atoms with Gasteiger partial charge in [0.05, 0.1) is 18.7 Å². The molecule has 10 nitrogen and oxygen atoms in total. The van der Waals surface area contributed by atoms with E-state index < -0.39 is 18.0 Å². The van der Waals surface area contributed by atoms with Crippen LogP contribution in [0.25, 0.3) is 0 Å². The van der Waals surface area contributed by atoms with Crippen molar-refractivity contribution in [1.29, 1.82) is 0 Å². The van der Waals surface area contributed by atoms with Crippen molar-refractivity contribution in [3.63, 3.8) is 0 Å². The molecule has 1 heterocycles. The summed E-state index contributed by atoms with van der Waals surface area (Å²) in [5.41, 5.74) is 2.51. The van der Waals surface area contributed by atoms with Crippen LogP contribution in [0.2, 0.25) is 0 Å². The van der Waals surface area contributed by atoms with Gasteiger partial charge in [0.25, 0.3) is 11.8 Å². The largest absolute Gasteiger partial charge is 0.449 e. The number of carbonyl (C=O) groups is 4. The minimum absolute atomic E-state index is 0.0730. The Balaban J connectivity index is 1.38. The minimum atomic E-state index is -0.531. The third-order valence-corrected chi connectivity index (χ3v) is 8.78. The lowest BCUT2D eigenvalue weighted by atomic mass is 9.92. The first-order chi connectivity index (χ1) is 23.0. The maximum Gasteiger partial charge on any atom is 0.414 e. The maximum absolute atomic E-state index is 14.0. The SMILES string of the molecule is C[C@H](NC[C@H](Cc1ccccc1)NC(=O)c1cc(C(=O)N[C@H](C)c2ccccc2)cc(N2CC(C)(C)COC2=O)c1)C(=O)NCC1CC1. The second-order valence-electron chi connectivity index (χ2n) is 13.9. The van der Waals surface area contributed by atoms with E-state index in [9.17, 15) is 19.2 Å². The number of amides is 4. The van der Waals surface area contributed by atoms with E-state index in [0.29, 0.717) is 37.7 Å². The van der Waals surface area contributed by atoms with Crippen LogP contribution in [0.3, 0.4) is 0 Å². The van der Waals surface area contributed by atoms with Crippen molar-refractivity contribution in [1.82, 2.24) is 21.3 Å². The van der Waals surface area contributed by atoms with Crippen LogP contribution in [-0.4, -0.2) is 62.1 Å². The zero-order chi connectivity index (χ0) is 34.3. The van der Waals surface area contributed by atoms with Gasteiger partial charge in [-0.05, 0) is 68.4 Å². The summed E-state index contributed by atoms with van der Waals surface area (Å²) in [5.74, 6) is -0.273. The number of nitrogens with one attached hydrogen (secondary N) is 4. The Labute approximate surface area is 283 Å². The van der Waals surface area contributed by atoms with Crippen LogP contribution < -0.4 is 26.2 Å². The van der Waals surface area contributed by atoms with E-state index in [1.807, 2.05) is 88.4 Å². The van der Waals surface area contributed by atoms with E-state index in [4.69, 9.17) is 4.74 Å². The lowest BCUT2D eigenvalue weighted by Crippen LogP contribution is -2.50. The summed E-state index contributed by atoms with van der Waals surface area (Å²) in [4.78, 5) is 54.7. The van der Waals surface area contributed by atoms with Crippen LogP contribution in [0.1, 0.15) is 78.4 Å². The van der Waals surface area contributed by atoms with Gasteiger partial charge >= 0.3 is 6.09 Å². The van der Waals surface area contributed by atoms with Gasteiger partial charge < -0.3 is 26.0 Å². The van der Waals surface area contributed by atoms with Gasteiger partial charge in [0, 0.05) is 47.9 Å². The van der Waals surface area contributed by atoms with Crippen molar-refractivity contribution in [2.75, 3.05) is 31.1 Å². The van der Waals surface area contributed by atoms with Gasteiger partial charge in [-0.3, -0.25) is 19.3 Å². The maximum atomic E-state index is 14.0. The number of hydrogen-bond donors (Lipinski definition) is 4. The molecular formula is C38H47N5O5.